The molecule has 0 aliphatic heterocycles. The van der Waals surface area contributed by atoms with E-state index in [1.807, 2.05) is 38.5 Å². The molecule has 0 bridgehead atoms. The third-order valence-electron chi connectivity index (χ3n) is 14.6. The van der Waals surface area contributed by atoms with Crippen molar-refractivity contribution in [3.8, 4) is 11.3 Å². The van der Waals surface area contributed by atoms with Gasteiger partial charge in [0.1, 0.15) is 14.4 Å². The van der Waals surface area contributed by atoms with E-state index in [1.165, 1.54) is 133 Å². The molecular weight excluding hydrogens is 937 g/mol. The number of aliphatic hydroxyl groups excluding tert-OH is 1. The summed E-state index contributed by atoms with van der Waals surface area (Å²) in [5.74, 6) is 3.40. The van der Waals surface area contributed by atoms with Gasteiger partial charge in [0.05, 0.1) is 11.3 Å². The number of hydrogen-bond donors (Lipinski definition) is 1. The number of aromatic nitrogens is 2. The maximum atomic E-state index is 11.7. The summed E-state index contributed by atoms with van der Waals surface area (Å²) in [5, 5.41) is 12.3. The van der Waals surface area contributed by atoms with E-state index in [1.54, 1.807) is 0 Å². The molecule has 3 aliphatic rings. The second-order valence-corrected chi connectivity index (χ2v) is 25.4. The molecule has 3 fully saturated rings. The topological polar surface area (TPSA) is 63.1 Å². The summed E-state index contributed by atoms with van der Waals surface area (Å²) in [5.41, 5.74) is 6.40. The molecule has 1 N–H and O–H groups in total. The van der Waals surface area contributed by atoms with Gasteiger partial charge in [0, 0.05) is 48.4 Å². The van der Waals surface area contributed by atoms with Gasteiger partial charge in [-0.05, 0) is 84.0 Å². The van der Waals surface area contributed by atoms with Crippen molar-refractivity contribution < 1.29 is 30.0 Å². The molecular formula is C52H75IrN2O2SSi-. The monoisotopic (exact) mass is 1010 g/mol. The second kappa shape index (κ2) is 21.7. The van der Waals surface area contributed by atoms with Crippen LogP contribution in [0.2, 0.25) is 18.1 Å². The molecule has 2 aromatic heterocycles. The zero-order valence-electron chi connectivity index (χ0n) is 37.9. The molecule has 1 radical (unpaired) electrons. The van der Waals surface area contributed by atoms with Crippen LogP contribution in [0.3, 0.4) is 0 Å². The summed E-state index contributed by atoms with van der Waals surface area (Å²) in [6.07, 6.45) is 24.3. The van der Waals surface area contributed by atoms with Crippen molar-refractivity contribution in [3.05, 3.63) is 65.7 Å². The molecule has 59 heavy (non-hydrogen) atoms. The fraction of sp³-hybridized carbons (Fsp3) is 0.635. The Morgan fingerprint density at radius 1 is 0.831 bits per heavy atom. The van der Waals surface area contributed by atoms with Crippen LogP contribution in [0.25, 0.3) is 32.2 Å². The van der Waals surface area contributed by atoms with Crippen LogP contribution >= 0.6 is 11.3 Å². The minimum atomic E-state index is -1.76. The van der Waals surface area contributed by atoms with E-state index in [9.17, 15) is 9.90 Å². The molecule has 4 aromatic rings. The second-order valence-electron chi connectivity index (χ2n) is 19.7. The number of fused-ring (bicyclic) bond motifs is 2. The van der Waals surface area contributed by atoms with E-state index in [0.717, 1.165) is 54.7 Å². The standard InChI is InChI=1S/C39H51N2SSi.C13H24O2.Ir/c1-27-35-37(36(41-26-40-35)32-21-31-19-11-12-20-33(31)34(22-32)39(2,3)4)42-38(27)43(23-28-13-5-6-14-28,24-29-15-7-8-16-29)25-30-17-9-10-18-30;1-5-10(6-2)12(14)9-13(15)11(7-3)8-4;/h11-12,19-20,22,26,28-30H,5-10,13-18,23-25H2,1-4H3;9-11,14H,5-8H2,1-4H3;/q-1;;/b;12-9-;. The summed E-state index contributed by atoms with van der Waals surface area (Å²) in [6, 6.07) is 19.6. The van der Waals surface area contributed by atoms with Gasteiger partial charge in [0.2, 0.25) is 0 Å². The predicted molar refractivity (Wildman–Crippen MR) is 252 cm³/mol. The molecule has 7 heteroatoms. The number of hydrogen-bond acceptors (Lipinski definition) is 5. The molecule has 0 spiro atoms. The van der Waals surface area contributed by atoms with Crippen molar-refractivity contribution in [2.24, 2.45) is 29.6 Å². The van der Waals surface area contributed by atoms with Crippen molar-refractivity contribution >= 4 is 50.7 Å². The minimum absolute atomic E-state index is 0. The zero-order chi connectivity index (χ0) is 41.5. The largest absolute Gasteiger partial charge is 0.512 e. The molecule has 0 unspecified atom stereocenters. The Morgan fingerprint density at radius 2 is 1.34 bits per heavy atom. The number of allylic oxidation sites excluding steroid dienone is 2. The average Bonchev–Trinajstić information content (AvgIpc) is 4.06. The Balaban J connectivity index is 0.000000355. The molecule has 7 rings (SSSR count). The van der Waals surface area contributed by atoms with Crippen LogP contribution in [-0.4, -0.2) is 28.9 Å². The first kappa shape index (κ1) is 47.9. The van der Waals surface area contributed by atoms with Gasteiger partial charge in [0.15, 0.2) is 5.78 Å². The molecule has 0 atom stereocenters. The summed E-state index contributed by atoms with van der Waals surface area (Å²) >= 11 is 2.14. The van der Waals surface area contributed by atoms with Crippen LogP contribution in [0, 0.1) is 42.6 Å². The number of aliphatic hydroxyl groups is 1. The third-order valence-corrected chi connectivity index (χ3v) is 22.7. The van der Waals surface area contributed by atoms with Crippen LogP contribution in [-0.2, 0) is 30.3 Å². The summed E-state index contributed by atoms with van der Waals surface area (Å²) in [6.45, 7) is 17.5. The van der Waals surface area contributed by atoms with Crippen LogP contribution in [0.15, 0.2) is 48.5 Å². The van der Waals surface area contributed by atoms with Crippen molar-refractivity contribution in [3.63, 3.8) is 0 Å². The molecule has 325 valence electrons. The Bertz CT molecular complexity index is 1940. The maximum Gasteiger partial charge on any atom is 0.162 e. The van der Waals surface area contributed by atoms with Gasteiger partial charge in [-0.15, -0.1) is 40.5 Å². The predicted octanol–water partition coefficient (Wildman–Crippen LogP) is 15.0. The number of thiophene rings is 1. The van der Waals surface area contributed by atoms with Crippen LogP contribution < -0.4 is 4.50 Å². The Labute approximate surface area is 376 Å². The number of ketones is 1. The van der Waals surface area contributed by atoms with Gasteiger partial charge in [-0.25, -0.2) is 4.98 Å². The maximum absolute atomic E-state index is 11.7. The Kier molecular flexibility index (Phi) is 17.6. The van der Waals surface area contributed by atoms with Crippen LogP contribution in [0.1, 0.15) is 162 Å². The molecule has 2 aromatic carbocycles. The van der Waals surface area contributed by atoms with Crippen molar-refractivity contribution in [1.82, 2.24) is 9.97 Å². The Hall–Kier alpha value is -2.18. The molecule has 0 saturated heterocycles. The average molecular weight is 1010 g/mol. The number of carbonyl (C=O) groups excluding carboxylic acids is 1. The van der Waals surface area contributed by atoms with Crippen molar-refractivity contribution in [2.45, 2.75) is 182 Å². The number of rotatable bonds is 15. The zero-order valence-corrected chi connectivity index (χ0v) is 42.1. The molecule has 2 heterocycles. The van der Waals surface area contributed by atoms with Crippen molar-refractivity contribution in [1.29, 1.82) is 0 Å². The number of aryl methyl sites for hydroxylation is 1. The molecule has 4 nitrogen and oxygen atoms in total. The van der Waals surface area contributed by atoms with Gasteiger partial charge < -0.3 is 5.11 Å². The minimum Gasteiger partial charge on any atom is -0.512 e. The first-order valence-corrected chi connectivity index (χ1v) is 27.0. The number of nitrogens with zero attached hydrogens (tertiary/aromatic N) is 2. The van der Waals surface area contributed by atoms with Gasteiger partial charge in [-0.3, -0.25) is 9.78 Å². The van der Waals surface area contributed by atoms with E-state index in [0.29, 0.717) is 0 Å². The smallest absolute Gasteiger partial charge is 0.162 e. The first-order chi connectivity index (χ1) is 27.9. The van der Waals surface area contributed by atoms with Crippen LogP contribution in [0.5, 0.6) is 0 Å². The number of benzene rings is 2. The SMILES string of the molecule is CCC(CC)C(=O)/C=C(\O)C(CC)CC.Cc1c([Si](CC2CCCC2)(CC2CCCC2)CC2CCCC2)sc2c(-c3[c-]c4ccccc4c(C(C)(C)C)c3)ncnc12.[Ir]. The fourth-order valence-corrected chi connectivity index (χ4v) is 20.8. The van der Waals surface area contributed by atoms with Crippen LogP contribution in [0.4, 0.5) is 0 Å². The molecule has 3 aliphatic carbocycles. The van der Waals surface area contributed by atoms with E-state index in [4.69, 9.17) is 9.97 Å². The van der Waals surface area contributed by atoms with E-state index in [-0.39, 0.29) is 48.9 Å². The molecule has 0 amide bonds. The van der Waals surface area contributed by atoms with Gasteiger partial charge in [0.25, 0.3) is 0 Å². The van der Waals surface area contributed by atoms with Gasteiger partial charge in [-0.2, -0.15) is 0 Å². The fourth-order valence-electron chi connectivity index (χ4n) is 11.3. The van der Waals surface area contributed by atoms with E-state index in [2.05, 4.69) is 75.4 Å². The van der Waals surface area contributed by atoms with Crippen molar-refractivity contribution in [2.75, 3.05) is 0 Å². The van der Waals surface area contributed by atoms with Gasteiger partial charge in [-0.1, -0.05) is 155 Å². The first-order valence-electron chi connectivity index (χ1n) is 23.6. The summed E-state index contributed by atoms with van der Waals surface area (Å²) in [7, 11) is -1.76. The Morgan fingerprint density at radius 3 is 1.83 bits per heavy atom. The normalized spacial score (nSPS) is 17.4. The quantitative estimate of drug-likeness (QED) is 0.0558. The third kappa shape index (κ3) is 11.5. The summed E-state index contributed by atoms with van der Waals surface area (Å²) in [4.78, 5) is 21.8. The van der Waals surface area contributed by atoms with E-state index >= 15 is 0 Å². The van der Waals surface area contributed by atoms with Gasteiger partial charge >= 0.3 is 0 Å². The van der Waals surface area contributed by atoms with E-state index < -0.39 is 8.07 Å². The summed E-state index contributed by atoms with van der Waals surface area (Å²) < 4.78 is 3.13. The molecule has 3 saturated carbocycles. The number of carbonyl (C=O) groups is 1.